The highest BCUT2D eigenvalue weighted by molar-refractivity contribution is 14.1. The first kappa shape index (κ1) is 21.9. The van der Waals surface area contributed by atoms with E-state index in [1.165, 1.54) is 0 Å². The van der Waals surface area contributed by atoms with Gasteiger partial charge in [-0.2, -0.15) is 0 Å². The van der Waals surface area contributed by atoms with E-state index < -0.39 is 0 Å². The van der Waals surface area contributed by atoms with Gasteiger partial charge in [0.2, 0.25) is 0 Å². The Morgan fingerprint density at radius 1 is 0.800 bits per heavy atom. The molecule has 0 saturated heterocycles. The second kappa shape index (κ2) is 9.82. The first-order chi connectivity index (χ1) is 14.3. The standard InChI is InChI=1S/C23H20IN3O2S/c1-14-5-3-7-18(11-14)25-21(28)16-6-4-8-19(12-16)26-23(30)27-22(29)17-10-9-15(2)20(24)13-17/h3-13H,1-2H3,(H,25,28)(H2,26,27,29,30). The summed E-state index contributed by atoms with van der Waals surface area (Å²) in [5.74, 6) is -0.521. The molecule has 0 aliphatic rings. The van der Waals surface area contributed by atoms with E-state index in [2.05, 4.69) is 38.5 Å². The second-order valence-corrected chi connectivity index (χ2v) is 8.35. The molecule has 0 unspecified atom stereocenters. The number of thiocarbonyl (C=S) groups is 1. The van der Waals surface area contributed by atoms with Gasteiger partial charge in [-0.3, -0.25) is 14.9 Å². The van der Waals surface area contributed by atoms with E-state index in [-0.39, 0.29) is 16.9 Å². The molecule has 3 N–H and O–H groups in total. The molecule has 0 heterocycles. The maximum Gasteiger partial charge on any atom is 0.257 e. The summed E-state index contributed by atoms with van der Waals surface area (Å²) in [7, 11) is 0. The fourth-order valence-electron chi connectivity index (χ4n) is 2.74. The minimum absolute atomic E-state index is 0.159. The van der Waals surface area contributed by atoms with Crippen molar-refractivity contribution in [2.75, 3.05) is 10.6 Å². The summed E-state index contributed by atoms with van der Waals surface area (Å²) in [6.45, 7) is 3.95. The monoisotopic (exact) mass is 529 g/mol. The van der Waals surface area contributed by atoms with E-state index in [9.17, 15) is 9.59 Å². The molecule has 3 rings (SSSR count). The Labute approximate surface area is 194 Å². The lowest BCUT2D eigenvalue weighted by Crippen LogP contribution is -2.34. The number of nitrogens with one attached hydrogen (secondary N) is 3. The van der Waals surface area contributed by atoms with Gasteiger partial charge in [0.15, 0.2) is 5.11 Å². The Bertz CT molecular complexity index is 1130. The Balaban J connectivity index is 1.64. The Kier molecular flexibility index (Phi) is 7.17. The summed E-state index contributed by atoms with van der Waals surface area (Å²) in [4.78, 5) is 25.0. The molecular weight excluding hydrogens is 509 g/mol. The van der Waals surface area contributed by atoms with Gasteiger partial charge in [-0.05, 0) is 102 Å². The fourth-order valence-corrected chi connectivity index (χ4v) is 3.46. The van der Waals surface area contributed by atoms with Crippen LogP contribution in [-0.2, 0) is 0 Å². The van der Waals surface area contributed by atoms with Gasteiger partial charge >= 0.3 is 0 Å². The van der Waals surface area contributed by atoms with Crippen LogP contribution in [0.3, 0.4) is 0 Å². The topological polar surface area (TPSA) is 70.2 Å². The van der Waals surface area contributed by atoms with Gasteiger partial charge in [0.05, 0.1) is 0 Å². The highest BCUT2D eigenvalue weighted by atomic mass is 127. The Morgan fingerprint density at radius 2 is 1.47 bits per heavy atom. The van der Waals surface area contributed by atoms with Crippen molar-refractivity contribution in [1.82, 2.24) is 5.32 Å². The molecule has 152 valence electrons. The minimum Gasteiger partial charge on any atom is -0.332 e. The average molecular weight is 529 g/mol. The molecule has 0 fully saturated rings. The van der Waals surface area contributed by atoms with Gasteiger partial charge in [-0.15, -0.1) is 0 Å². The molecule has 0 radical (unpaired) electrons. The third kappa shape index (κ3) is 5.87. The molecule has 0 spiro atoms. The molecule has 30 heavy (non-hydrogen) atoms. The van der Waals surface area contributed by atoms with Gasteiger partial charge < -0.3 is 10.6 Å². The first-order valence-corrected chi connectivity index (χ1v) is 10.7. The third-order valence-electron chi connectivity index (χ3n) is 4.32. The molecule has 0 saturated carbocycles. The molecule has 2 amide bonds. The average Bonchev–Trinajstić information content (AvgIpc) is 2.70. The summed E-state index contributed by atoms with van der Waals surface area (Å²) >= 11 is 7.44. The molecule has 0 bridgehead atoms. The quantitative estimate of drug-likeness (QED) is 0.318. The van der Waals surface area contributed by atoms with Crippen LogP contribution in [0, 0.1) is 17.4 Å². The molecule has 0 atom stereocenters. The van der Waals surface area contributed by atoms with Crippen LogP contribution in [0.25, 0.3) is 0 Å². The lowest BCUT2D eigenvalue weighted by Gasteiger charge is -2.12. The van der Waals surface area contributed by atoms with Crippen molar-refractivity contribution in [2.24, 2.45) is 0 Å². The van der Waals surface area contributed by atoms with Crippen LogP contribution in [-0.4, -0.2) is 16.9 Å². The molecule has 3 aromatic rings. The van der Waals surface area contributed by atoms with Crippen molar-refractivity contribution in [3.63, 3.8) is 0 Å². The van der Waals surface area contributed by atoms with Crippen LogP contribution in [0.4, 0.5) is 11.4 Å². The zero-order valence-electron chi connectivity index (χ0n) is 16.5. The number of hydrogen-bond acceptors (Lipinski definition) is 3. The van der Waals surface area contributed by atoms with Gasteiger partial charge in [0.1, 0.15) is 0 Å². The normalized spacial score (nSPS) is 10.2. The van der Waals surface area contributed by atoms with Crippen LogP contribution >= 0.6 is 34.8 Å². The molecule has 0 aliphatic heterocycles. The number of halogens is 1. The summed E-state index contributed by atoms with van der Waals surface area (Å²) in [5.41, 5.74) is 4.51. The summed E-state index contributed by atoms with van der Waals surface area (Å²) in [6.07, 6.45) is 0. The van der Waals surface area contributed by atoms with Crippen LogP contribution < -0.4 is 16.0 Å². The van der Waals surface area contributed by atoms with E-state index in [4.69, 9.17) is 12.2 Å². The maximum atomic E-state index is 12.5. The van der Waals surface area contributed by atoms with Crippen molar-refractivity contribution in [2.45, 2.75) is 13.8 Å². The molecule has 3 aromatic carbocycles. The highest BCUT2D eigenvalue weighted by Crippen LogP contribution is 2.16. The van der Waals surface area contributed by atoms with Crippen LogP contribution in [0.2, 0.25) is 0 Å². The summed E-state index contributed by atoms with van der Waals surface area (Å²) in [5, 5.41) is 8.65. The number of hydrogen-bond donors (Lipinski definition) is 3. The van der Waals surface area contributed by atoms with E-state index in [0.717, 1.165) is 20.4 Å². The molecule has 7 heteroatoms. The van der Waals surface area contributed by atoms with Gasteiger partial charge in [-0.1, -0.05) is 24.3 Å². The molecule has 0 aliphatic carbocycles. The number of carbonyl (C=O) groups excluding carboxylic acids is 2. The second-order valence-electron chi connectivity index (χ2n) is 6.78. The van der Waals surface area contributed by atoms with E-state index in [0.29, 0.717) is 16.8 Å². The van der Waals surface area contributed by atoms with Crippen molar-refractivity contribution in [3.05, 3.63) is 92.6 Å². The van der Waals surface area contributed by atoms with Crippen molar-refractivity contribution < 1.29 is 9.59 Å². The van der Waals surface area contributed by atoms with Gasteiger partial charge in [0.25, 0.3) is 11.8 Å². The predicted octanol–water partition coefficient (Wildman–Crippen LogP) is 5.29. The Hall–Kier alpha value is -2.78. The zero-order chi connectivity index (χ0) is 21.7. The first-order valence-electron chi connectivity index (χ1n) is 9.18. The number of aryl methyl sites for hydroxylation is 2. The highest BCUT2D eigenvalue weighted by Gasteiger charge is 2.11. The largest absolute Gasteiger partial charge is 0.332 e. The maximum absolute atomic E-state index is 12.5. The van der Waals surface area contributed by atoms with Crippen molar-refractivity contribution in [1.29, 1.82) is 0 Å². The fraction of sp³-hybridized carbons (Fsp3) is 0.0870. The van der Waals surface area contributed by atoms with E-state index in [1.807, 2.05) is 50.2 Å². The van der Waals surface area contributed by atoms with Crippen LogP contribution in [0.5, 0.6) is 0 Å². The zero-order valence-corrected chi connectivity index (χ0v) is 19.4. The van der Waals surface area contributed by atoms with Crippen molar-refractivity contribution in [3.8, 4) is 0 Å². The SMILES string of the molecule is Cc1cccc(NC(=O)c2cccc(NC(=S)NC(=O)c3ccc(C)c(I)c3)c2)c1. The smallest absolute Gasteiger partial charge is 0.257 e. The summed E-state index contributed by atoms with van der Waals surface area (Å²) in [6, 6.07) is 20.0. The molecule has 5 nitrogen and oxygen atoms in total. The molecular formula is C23H20IN3O2S. The van der Waals surface area contributed by atoms with Gasteiger partial charge in [-0.25, -0.2) is 0 Å². The minimum atomic E-state index is -0.293. The Morgan fingerprint density at radius 3 is 2.17 bits per heavy atom. The van der Waals surface area contributed by atoms with E-state index >= 15 is 0 Å². The molecule has 0 aromatic heterocycles. The number of rotatable bonds is 4. The van der Waals surface area contributed by atoms with E-state index in [1.54, 1.807) is 30.3 Å². The third-order valence-corrected chi connectivity index (χ3v) is 5.69. The van der Waals surface area contributed by atoms with Gasteiger partial charge in [0, 0.05) is 26.1 Å². The lowest BCUT2D eigenvalue weighted by atomic mass is 10.1. The number of benzene rings is 3. The van der Waals surface area contributed by atoms with Crippen molar-refractivity contribution >= 4 is 63.1 Å². The predicted molar refractivity (Wildman–Crippen MR) is 133 cm³/mol. The van der Waals surface area contributed by atoms with Crippen LogP contribution in [0.1, 0.15) is 31.8 Å². The summed E-state index contributed by atoms with van der Waals surface area (Å²) < 4.78 is 1.01. The number of carbonyl (C=O) groups is 2. The van der Waals surface area contributed by atoms with Crippen LogP contribution in [0.15, 0.2) is 66.7 Å². The number of anilines is 2. The lowest BCUT2D eigenvalue weighted by molar-refractivity contribution is 0.0976. The number of amides is 2.